The van der Waals surface area contributed by atoms with Gasteiger partial charge < -0.3 is 9.32 Å². The molecule has 0 aromatic carbocycles. The monoisotopic (exact) mass is 339 g/mol. The minimum Gasteiger partial charge on any atom is -0.464 e. The van der Waals surface area contributed by atoms with E-state index in [2.05, 4.69) is 39.0 Å². The summed E-state index contributed by atoms with van der Waals surface area (Å²) < 4.78 is 7.69. The van der Waals surface area contributed by atoms with Gasteiger partial charge in [0.2, 0.25) is 5.95 Å². The van der Waals surface area contributed by atoms with Crippen LogP contribution < -0.4 is 10.5 Å². The summed E-state index contributed by atoms with van der Waals surface area (Å²) in [5.74, 6) is 3.91. The molecule has 0 bridgehead atoms. The van der Waals surface area contributed by atoms with E-state index in [0.717, 1.165) is 30.3 Å². The first-order valence-corrected chi connectivity index (χ1v) is 8.87. The largest absolute Gasteiger partial charge is 0.464 e. The predicted molar refractivity (Wildman–Crippen MR) is 93.6 cm³/mol. The fourth-order valence-electron chi connectivity index (χ4n) is 3.49. The van der Waals surface area contributed by atoms with Crippen LogP contribution in [0.25, 0.3) is 11.0 Å². The second-order valence-corrected chi connectivity index (χ2v) is 7.38. The lowest BCUT2D eigenvalue weighted by molar-refractivity contribution is 0.455. The van der Waals surface area contributed by atoms with Crippen LogP contribution >= 0.6 is 0 Å². The molecule has 0 saturated heterocycles. The zero-order chi connectivity index (χ0) is 17.1. The molecule has 3 heterocycles. The minimum atomic E-state index is -0.148. The standard InChI is InChI=1S/C18H21N5O2/c1-10-7-13(10)15-6-5-12(25-15)9-23(11-3-4-11)18-20-16-14(17(24)21-18)8-19-22(16)2/h5-6,8,10-11,13H,3-4,7,9H2,1-2H3,(H,20,21,24). The number of nitrogens with zero attached hydrogens (tertiary/aromatic N) is 4. The van der Waals surface area contributed by atoms with Gasteiger partial charge in [0.25, 0.3) is 5.56 Å². The smallest absolute Gasteiger partial charge is 0.263 e. The minimum absolute atomic E-state index is 0.148. The molecule has 5 rings (SSSR count). The maximum atomic E-state index is 12.4. The number of aromatic amines is 1. The first-order valence-electron chi connectivity index (χ1n) is 8.87. The van der Waals surface area contributed by atoms with Crippen LogP contribution in [0.5, 0.6) is 0 Å². The van der Waals surface area contributed by atoms with E-state index in [9.17, 15) is 4.79 Å². The Morgan fingerprint density at radius 2 is 2.20 bits per heavy atom. The number of aromatic nitrogens is 4. The van der Waals surface area contributed by atoms with Crippen LogP contribution in [0.15, 0.2) is 27.5 Å². The molecular formula is C18H21N5O2. The van der Waals surface area contributed by atoms with Crippen LogP contribution in [0.1, 0.15) is 43.6 Å². The van der Waals surface area contributed by atoms with Gasteiger partial charge in [-0.2, -0.15) is 10.1 Å². The maximum absolute atomic E-state index is 12.4. The van der Waals surface area contributed by atoms with Gasteiger partial charge in [-0.05, 0) is 37.3 Å². The second-order valence-electron chi connectivity index (χ2n) is 7.38. The van der Waals surface area contributed by atoms with Gasteiger partial charge in [0.05, 0.1) is 12.7 Å². The van der Waals surface area contributed by atoms with E-state index in [-0.39, 0.29) is 5.56 Å². The van der Waals surface area contributed by atoms with Crippen molar-refractivity contribution < 1.29 is 4.42 Å². The fourth-order valence-corrected chi connectivity index (χ4v) is 3.49. The molecule has 2 atom stereocenters. The maximum Gasteiger partial charge on any atom is 0.263 e. The number of aryl methyl sites for hydroxylation is 1. The van der Waals surface area contributed by atoms with E-state index < -0.39 is 0 Å². The fraction of sp³-hybridized carbons (Fsp3) is 0.500. The van der Waals surface area contributed by atoms with Crippen molar-refractivity contribution >= 4 is 17.0 Å². The number of nitrogens with one attached hydrogen (secondary N) is 1. The van der Waals surface area contributed by atoms with Crippen molar-refractivity contribution in [3.8, 4) is 0 Å². The summed E-state index contributed by atoms with van der Waals surface area (Å²) in [6, 6.07) is 4.55. The Kier molecular flexibility index (Phi) is 3.07. The molecule has 130 valence electrons. The van der Waals surface area contributed by atoms with E-state index >= 15 is 0 Å². The Hall–Kier alpha value is -2.57. The van der Waals surface area contributed by atoms with Gasteiger partial charge in [-0.15, -0.1) is 0 Å². The zero-order valence-electron chi connectivity index (χ0n) is 14.4. The predicted octanol–water partition coefficient (Wildman–Crippen LogP) is 2.54. The van der Waals surface area contributed by atoms with Crippen molar-refractivity contribution in [2.45, 2.75) is 44.7 Å². The van der Waals surface area contributed by atoms with Crippen LogP contribution in [-0.4, -0.2) is 25.8 Å². The molecule has 3 aromatic heterocycles. The van der Waals surface area contributed by atoms with E-state index in [1.54, 1.807) is 17.9 Å². The van der Waals surface area contributed by atoms with Crippen molar-refractivity contribution in [1.82, 2.24) is 19.7 Å². The van der Waals surface area contributed by atoms with Gasteiger partial charge in [-0.1, -0.05) is 6.92 Å². The molecule has 2 aliphatic carbocycles. The highest BCUT2D eigenvalue weighted by Crippen LogP contribution is 2.47. The highest BCUT2D eigenvalue weighted by molar-refractivity contribution is 5.74. The normalized spacial score (nSPS) is 22.5. The first kappa shape index (κ1) is 14.7. The van der Waals surface area contributed by atoms with Crippen molar-refractivity contribution in [1.29, 1.82) is 0 Å². The summed E-state index contributed by atoms with van der Waals surface area (Å²) in [5, 5.41) is 4.65. The number of hydrogen-bond donors (Lipinski definition) is 1. The lowest BCUT2D eigenvalue weighted by Gasteiger charge is -2.21. The summed E-state index contributed by atoms with van der Waals surface area (Å²) in [7, 11) is 1.80. The van der Waals surface area contributed by atoms with Crippen molar-refractivity contribution in [3.63, 3.8) is 0 Å². The number of rotatable bonds is 5. The number of anilines is 1. The zero-order valence-corrected chi connectivity index (χ0v) is 14.4. The average molecular weight is 339 g/mol. The molecule has 0 radical (unpaired) electrons. The molecule has 7 heteroatoms. The highest BCUT2D eigenvalue weighted by Gasteiger charge is 2.37. The van der Waals surface area contributed by atoms with Gasteiger partial charge in [0.15, 0.2) is 5.65 Å². The Morgan fingerprint density at radius 3 is 2.92 bits per heavy atom. The summed E-state index contributed by atoms with van der Waals surface area (Å²) >= 11 is 0. The molecule has 2 aliphatic rings. The molecule has 0 spiro atoms. The molecule has 25 heavy (non-hydrogen) atoms. The molecule has 0 aliphatic heterocycles. The summed E-state index contributed by atoms with van der Waals surface area (Å²) in [6.07, 6.45) is 4.99. The quantitative estimate of drug-likeness (QED) is 0.773. The van der Waals surface area contributed by atoms with E-state index in [1.165, 1.54) is 6.42 Å². The molecule has 2 unspecified atom stereocenters. The summed E-state index contributed by atoms with van der Waals surface area (Å²) in [6.45, 7) is 2.87. The van der Waals surface area contributed by atoms with Gasteiger partial charge in [-0.25, -0.2) is 0 Å². The van der Waals surface area contributed by atoms with E-state index in [0.29, 0.717) is 35.5 Å². The molecule has 1 N–H and O–H groups in total. The van der Waals surface area contributed by atoms with Gasteiger partial charge in [0.1, 0.15) is 16.9 Å². The Balaban J connectivity index is 1.48. The van der Waals surface area contributed by atoms with Gasteiger partial charge >= 0.3 is 0 Å². The molecule has 0 amide bonds. The Labute approximate surface area is 144 Å². The first-order chi connectivity index (χ1) is 12.1. The number of hydrogen-bond acceptors (Lipinski definition) is 5. The third-order valence-corrected chi connectivity index (χ3v) is 5.33. The highest BCUT2D eigenvalue weighted by atomic mass is 16.3. The lowest BCUT2D eigenvalue weighted by Crippen LogP contribution is -2.29. The summed E-state index contributed by atoms with van der Waals surface area (Å²) in [5.41, 5.74) is 0.460. The lowest BCUT2D eigenvalue weighted by atomic mass is 10.3. The molecule has 2 saturated carbocycles. The molecule has 2 fully saturated rings. The number of furan rings is 1. The third-order valence-electron chi connectivity index (χ3n) is 5.33. The van der Waals surface area contributed by atoms with Crippen molar-refractivity contribution in [2.75, 3.05) is 4.90 Å². The summed E-state index contributed by atoms with van der Waals surface area (Å²) in [4.78, 5) is 22.1. The van der Waals surface area contributed by atoms with E-state index in [1.807, 2.05) is 0 Å². The molecule has 3 aromatic rings. The van der Waals surface area contributed by atoms with Crippen LogP contribution in [0, 0.1) is 5.92 Å². The average Bonchev–Trinajstić information content (AvgIpc) is 3.48. The van der Waals surface area contributed by atoms with Crippen molar-refractivity contribution in [3.05, 3.63) is 40.2 Å². The number of H-pyrrole nitrogens is 1. The topological polar surface area (TPSA) is 80.0 Å². The second kappa shape index (κ2) is 5.21. The van der Waals surface area contributed by atoms with Crippen LogP contribution in [0.2, 0.25) is 0 Å². The number of fused-ring (bicyclic) bond motifs is 1. The Bertz CT molecular complexity index is 996. The third kappa shape index (κ3) is 2.54. The van der Waals surface area contributed by atoms with Crippen LogP contribution in [0.3, 0.4) is 0 Å². The van der Waals surface area contributed by atoms with Gasteiger partial charge in [-0.3, -0.25) is 14.5 Å². The SMILES string of the molecule is CC1CC1c1ccc(CN(c2nc3c(cnn3C)c(=O)[nH]2)C2CC2)o1. The van der Waals surface area contributed by atoms with Crippen LogP contribution in [0.4, 0.5) is 5.95 Å². The van der Waals surface area contributed by atoms with Gasteiger partial charge in [0, 0.05) is 19.0 Å². The van der Waals surface area contributed by atoms with Crippen LogP contribution in [-0.2, 0) is 13.6 Å². The molecule has 7 nitrogen and oxygen atoms in total. The molecular weight excluding hydrogens is 318 g/mol. The van der Waals surface area contributed by atoms with Crippen molar-refractivity contribution in [2.24, 2.45) is 13.0 Å². The van der Waals surface area contributed by atoms with E-state index in [4.69, 9.17) is 4.42 Å². The Morgan fingerprint density at radius 1 is 1.40 bits per heavy atom.